The summed E-state index contributed by atoms with van der Waals surface area (Å²) in [6.07, 6.45) is 3.66. The number of methoxy groups -OCH3 is 1. The van der Waals surface area contributed by atoms with Crippen LogP contribution in [0.15, 0.2) is 0 Å². The summed E-state index contributed by atoms with van der Waals surface area (Å²) in [5, 5.41) is 2.92. The fourth-order valence-electron chi connectivity index (χ4n) is 1.84. The Morgan fingerprint density at radius 3 is 2.58 bits per heavy atom. The second-order valence-corrected chi connectivity index (χ2v) is 6.76. The van der Waals surface area contributed by atoms with Gasteiger partial charge in [0.1, 0.15) is 0 Å². The molecule has 1 saturated carbocycles. The molecule has 1 N–H and O–H groups in total. The number of hydrogen-bond acceptors (Lipinski definition) is 4. The molecule has 0 atom stereocenters. The molecule has 0 aromatic heterocycles. The standard InChI is InChI=1S/C14H25NO3S/c1-11(2)4-7-15-12(16)9-19-10-14(5-6-14)8-13(17)18-3/h11H,4-10H2,1-3H3,(H,15,16). The predicted molar refractivity (Wildman–Crippen MR) is 78.1 cm³/mol. The van der Waals surface area contributed by atoms with Crippen LogP contribution in [0.4, 0.5) is 0 Å². The van der Waals surface area contributed by atoms with E-state index in [-0.39, 0.29) is 17.3 Å². The number of ether oxygens (including phenoxy) is 1. The first-order valence-electron chi connectivity index (χ1n) is 6.89. The molecule has 0 spiro atoms. The van der Waals surface area contributed by atoms with Crippen LogP contribution in [0.2, 0.25) is 0 Å². The van der Waals surface area contributed by atoms with Crippen LogP contribution in [0.1, 0.15) is 39.5 Å². The summed E-state index contributed by atoms with van der Waals surface area (Å²) < 4.78 is 4.70. The van der Waals surface area contributed by atoms with Crippen molar-refractivity contribution in [3.8, 4) is 0 Å². The van der Waals surface area contributed by atoms with Crippen molar-refractivity contribution in [2.75, 3.05) is 25.2 Å². The maximum atomic E-state index is 11.6. The van der Waals surface area contributed by atoms with Gasteiger partial charge in [-0.05, 0) is 36.3 Å². The van der Waals surface area contributed by atoms with Crippen molar-refractivity contribution >= 4 is 23.6 Å². The van der Waals surface area contributed by atoms with E-state index < -0.39 is 0 Å². The van der Waals surface area contributed by atoms with Crippen LogP contribution in [0.25, 0.3) is 0 Å². The normalized spacial score (nSPS) is 16.2. The van der Waals surface area contributed by atoms with Crippen molar-refractivity contribution in [2.24, 2.45) is 11.3 Å². The van der Waals surface area contributed by atoms with Crippen molar-refractivity contribution in [1.82, 2.24) is 5.32 Å². The van der Waals surface area contributed by atoms with E-state index in [1.807, 2.05) is 0 Å². The number of amides is 1. The largest absolute Gasteiger partial charge is 0.469 e. The third kappa shape index (κ3) is 6.85. The highest BCUT2D eigenvalue weighted by molar-refractivity contribution is 7.99. The van der Waals surface area contributed by atoms with Gasteiger partial charge in [0.2, 0.25) is 5.91 Å². The number of carbonyl (C=O) groups excluding carboxylic acids is 2. The lowest BCUT2D eigenvalue weighted by Crippen LogP contribution is -2.27. The van der Waals surface area contributed by atoms with E-state index in [9.17, 15) is 9.59 Å². The summed E-state index contributed by atoms with van der Waals surface area (Å²) in [6.45, 7) is 5.04. The summed E-state index contributed by atoms with van der Waals surface area (Å²) in [5.74, 6) is 1.93. The summed E-state index contributed by atoms with van der Waals surface area (Å²) in [7, 11) is 1.42. The molecule has 0 aromatic carbocycles. The molecule has 0 bridgehead atoms. The van der Waals surface area contributed by atoms with Crippen LogP contribution >= 0.6 is 11.8 Å². The first-order chi connectivity index (χ1) is 8.97. The average Bonchev–Trinajstić information content (AvgIpc) is 3.08. The molecule has 1 aliphatic rings. The minimum absolute atomic E-state index is 0.0968. The van der Waals surface area contributed by atoms with E-state index in [2.05, 4.69) is 19.2 Å². The molecule has 0 saturated heterocycles. The molecular weight excluding hydrogens is 262 g/mol. The van der Waals surface area contributed by atoms with E-state index in [4.69, 9.17) is 4.74 Å². The van der Waals surface area contributed by atoms with Crippen molar-refractivity contribution in [1.29, 1.82) is 0 Å². The average molecular weight is 287 g/mol. The number of carbonyl (C=O) groups is 2. The van der Waals surface area contributed by atoms with Crippen LogP contribution in [0, 0.1) is 11.3 Å². The topological polar surface area (TPSA) is 55.4 Å². The number of nitrogens with one attached hydrogen (secondary N) is 1. The molecule has 5 heteroatoms. The zero-order valence-corrected chi connectivity index (χ0v) is 13.0. The Bertz CT molecular complexity index is 314. The molecule has 0 aromatic rings. The fraction of sp³-hybridized carbons (Fsp3) is 0.857. The smallest absolute Gasteiger partial charge is 0.306 e. The van der Waals surface area contributed by atoms with Crippen molar-refractivity contribution in [2.45, 2.75) is 39.5 Å². The maximum Gasteiger partial charge on any atom is 0.306 e. The molecular formula is C14H25NO3S. The van der Waals surface area contributed by atoms with Crippen LogP contribution < -0.4 is 5.32 Å². The van der Waals surface area contributed by atoms with Crippen molar-refractivity contribution < 1.29 is 14.3 Å². The Morgan fingerprint density at radius 1 is 1.37 bits per heavy atom. The van der Waals surface area contributed by atoms with Crippen LogP contribution in [0.3, 0.4) is 0 Å². The van der Waals surface area contributed by atoms with Crippen LogP contribution in [0.5, 0.6) is 0 Å². The summed E-state index contributed by atoms with van der Waals surface area (Å²) >= 11 is 1.62. The molecule has 19 heavy (non-hydrogen) atoms. The van der Waals surface area contributed by atoms with E-state index >= 15 is 0 Å². The summed E-state index contributed by atoms with van der Waals surface area (Å²) in [5.41, 5.74) is 0.107. The van der Waals surface area contributed by atoms with Gasteiger partial charge in [0.25, 0.3) is 0 Å². The highest BCUT2D eigenvalue weighted by Crippen LogP contribution is 2.51. The molecule has 1 amide bonds. The maximum absolute atomic E-state index is 11.6. The monoisotopic (exact) mass is 287 g/mol. The Balaban J connectivity index is 2.09. The summed E-state index contributed by atoms with van der Waals surface area (Å²) in [6, 6.07) is 0. The molecule has 0 aliphatic heterocycles. The lowest BCUT2D eigenvalue weighted by atomic mass is 10.1. The van der Waals surface area contributed by atoms with E-state index in [0.717, 1.165) is 31.6 Å². The van der Waals surface area contributed by atoms with Gasteiger partial charge < -0.3 is 10.1 Å². The Morgan fingerprint density at radius 2 is 2.05 bits per heavy atom. The van der Waals surface area contributed by atoms with Gasteiger partial charge in [0, 0.05) is 6.54 Å². The van der Waals surface area contributed by atoms with Gasteiger partial charge >= 0.3 is 5.97 Å². The predicted octanol–water partition coefficient (Wildman–Crippen LogP) is 2.23. The molecule has 4 nitrogen and oxygen atoms in total. The van der Waals surface area contributed by atoms with Gasteiger partial charge in [-0.1, -0.05) is 13.8 Å². The summed E-state index contributed by atoms with van der Waals surface area (Å²) in [4.78, 5) is 22.8. The number of thioether (sulfide) groups is 1. The lowest BCUT2D eigenvalue weighted by molar-refractivity contribution is -0.141. The molecule has 1 rings (SSSR count). The first kappa shape index (κ1) is 16.3. The number of rotatable bonds is 9. The highest BCUT2D eigenvalue weighted by atomic mass is 32.2. The van der Waals surface area contributed by atoms with Gasteiger partial charge in [-0.3, -0.25) is 9.59 Å². The van der Waals surface area contributed by atoms with Gasteiger partial charge in [-0.25, -0.2) is 0 Å². The van der Waals surface area contributed by atoms with Gasteiger partial charge in [0.15, 0.2) is 0 Å². The zero-order valence-electron chi connectivity index (χ0n) is 12.2. The van der Waals surface area contributed by atoms with Gasteiger partial charge in [-0.2, -0.15) is 11.8 Å². The quantitative estimate of drug-likeness (QED) is 0.661. The van der Waals surface area contributed by atoms with E-state index in [1.165, 1.54) is 7.11 Å². The lowest BCUT2D eigenvalue weighted by Gasteiger charge is -2.13. The molecule has 1 fully saturated rings. The molecule has 0 heterocycles. The fourth-order valence-corrected chi connectivity index (χ4v) is 3.05. The third-order valence-corrected chi connectivity index (χ3v) is 4.67. The zero-order chi connectivity index (χ0) is 14.3. The number of esters is 1. The van der Waals surface area contributed by atoms with Crippen molar-refractivity contribution in [3.05, 3.63) is 0 Å². The van der Waals surface area contributed by atoms with Gasteiger partial charge in [-0.15, -0.1) is 0 Å². The van der Waals surface area contributed by atoms with Crippen molar-refractivity contribution in [3.63, 3.8) is 0 Å². The molecule has 0 radical (unpaired) electrons. The van der Waals surface area contributed by atoms with Gasteiger partial charge in [0.05, 0.1) is 19.3 Å². The van der Waals surface area contributed by atoms with Crippen LogP contribution in [-0.4, -0.2) is 37.0 Å². The Hall–Kier alpha value is -0.710. The second kappa shape index (κ2) is 7.78. The minimum atomic E-state index is -0.139. The highest BCUT2D eigenvalue weighted by Gasteiger charge is 2.44. The molecule has 110 valence electrons. The SMILES string of the molecule is COC(=O)CC1(CSCC(=O)NCCC(C)C)CC1. The molecule has 0 unspecified atom stereocenters. The number of hydrogen-bond donors (Lipinski definition) is 1. The Kier molecular flexibility index (Phi) is 6.69. The molecule has 1 aliphatic carbocycles. The van der Waals surface area contributed by atoms with Crippen LogP contribution in [-0.2, 0) is 14.3 Å². The van der Waals surface area contributed by atoms with E-state index in [0.29, 0.717) is 18.1 Å². The minimum Gasteiger partial charge on any atom is -0.469 e. The van der Waals surface area contributed by atoms with E-state index in [1.54, 1.807) is 11.8 Å². The third-order valence-electron chi connectivity index (χ3n) is 3.39. The Labute approximate surface area is 120 Å². The second-order valence-electron chi connectivity index (χ2n) is 5.78. The first-order valence-corrected chi connectivity index (χ1v) is 8.04.